The molecule has 19 heteroatoms. The van der Waals surface area contributed by atoms with Gasteiger partial charge in [-0.1, -0.05) is 29.8 Å². The predicted octanol–water partition coefficient (Wildman–Crippen LogP) is 1.49. The van der Waals surface area contributed by atoms with E-state index in [0.29, 0.717) is 42.9 Å². The quantitative estimate of drug-likeness (QED) is 0.376. The number of carbonyl (C=O) groups excluding carboxylic acids is 2. The second kappa shape index (κ2) is 10.9. The standard InChI is InChI=1S/C26H31NO12S6/c1-16-8-7-9-17(12-16)13-21-23(28)40-24(29)27(21)20-14-18-19(15-22(20)41(2,30)31)26(44(5,36)37,45(6,38)39)11-10-25(18,42(3,32)33)43(4,34)35/h7-9,12,14-15,21H,10-11,13H2,1-6H3. The van der Waals surface area contributed by atoms with Gasteiger partial charge < -0.3 is 0 Å². The van der Waals surface area contributed by atoms with Gasteiger partial charge in [-0.3, -0.25) is 14.5 Å². The van der Waals surface area contributed by atoms with E-state index in [9.17, 15) is 51.7 Å². The van der Waals surface area contributed by atoms with Crippen LogP contribution in [0, 0.1) is 6.92 Å². The van der Waals surface area contributed by atoms with Gasteiger partial charge in [0, 0.05) is 49.5 Å². The number of fused-ring (bicyclic) bond motifs is 1. The molecular weight excluding hydrogens is 711 g/mol. The minimum Gasteiger partial charge on any atom is -0.290 e. The Bertz CT molecular complexity index is 2140. The Hall–Kier alpha value is -2.32. The Balaban J connectivity index is 2.25. The fraction of sp³-hybridized carbons (Fsp3) is 0.462. The third-order valence-corrected chi connectivity index (χ3v) is 20.3. The number of anilines is 1. The van der Waals surface area contributed by atoms with E-state index in [1.54, 1.807) is 31.2 Å². The van der Waals surface area contributed by atoms with Crippen LogP contribution in [0.2, 0.25) is 0 Å². The zero-order chi connectivity index (χ0) is 34.3. The lowest BCUT2D eigenvalue weighted by Gasteiger charge is -2.44. The monoisotopic (exact) mass is 741 g/mol. The minimum absolute atomic E-state index is 0.112. The second-order valence-electron chi connectivity index (χ2n) is 11.5. The topological polar surface area (TPSA) is 208 Å². The van der Waals surface area contributed by atoms with E-state index in [1.807, 2.05) is 0 Å². The molecule has 2 aliphatic rings. The lowest BCUT2D eigenvalue weighted by Crippen LogP contribution is -2.54. The molecule has 4 rings (SSSR count). The van der Waals surface area contributed by atoms with Gasteiger partial charge in [0.05, 0.1) is 10.6 Å². The summed E-state index contributed by atoms with van der Waals surface area (Å²) in [6, 6.07) is 6.90. The highest BCUT2D eigenvalue weighted by molar-refractivity contribution is 8.27. The molecular formula is C26H31NO12S6. The first kappa shape index (κ1) is 35.5. The van der Waals surface area contributed by atoms with Crippen molar-refractivity contribution in [1.29, 1.82) is 0 Å². The number of rotatable bonds is 8. The maximum Gasteiger partial charge on any atom is 0.294 e. The Kier molecular flexibility index (Phi) is 8.58. The second-order valence-corrected chi connectivity index (χ2v) is 23.9. The average Bonchev–Trinajstić information content (AvgIpc) is 3.11. The summed E-state index contributed by atoms with van der Waals surface area (Å²) in [5.74, 6) is 0. The maximum absolute atomic E-state index is 13.5. The minimum atomic E-state index is -4.78. The highest BCUT2D eigenvalue weighted by Crippen LogP contribution is 2.57. The van der Waals surface area contributed by atoms with Crippen molar-refractivity contribution in [3.63, 3.8) is 0 Å². The Labute approximate surface area is 267 Å². The average molecular weight is 742 g/mol. The first-order chi connectivity index (χ1) is 20.2. The zero-order valence-corrected chi connectivity index (χ0v) is 29.9. The molecule has 2 aromatic carbocycles. The molecule has 0 aromatic heterocycles. The number of hydrogen-bond acceptors (Lipinski definition) is 13. The van der Waals surface area contributed by atoms with E-state index in [0.717, 1.165) is 16.5 Å². The Morgan fingerprint density at radius 1 is 0.733 bits per heavy atom. The number of hydrogen-bond donors (Lipinski definition) is 0. The molecule has 1 fully saturated rings. The van der Waals surface area contributed by atoms with Gasteiger partial charge in [0.25, 0.3) is 5.24 Å². The van der Waals surface area contributed by atoms with Gasteiger partial charge in [-0.15, -0.1) is 0 Å². The van der Waals surface area contributed by atoms with Gasteiger partial charge in [0.15, 0.2) is 57.3 Å². The van der Waals surface area contributed by atoms with Gasteiger partial charge in [0.2, 0.25) is 5.12 Å². The number of nitrogens with zero attached hydrogens (tertiary/aromatic N) is 1. The van der Waals surface area contributed by atoms with Crippen LogP contribution >= 0.6 is 11.8 Å². The van der Waals surface area contributed by atoms with Crippen molar-refractivity contribution >= 4 is 77.0 Å². The molecule has 0 spiro atoms. The molecule has 1 aliphatic carbocycles. The number of amides is 1. The third-order valence-electron chi connectivity index (χ3n) is 8.24. The number of sulfone groups is 5. The zero-order valence-electron chi connectivity index (χ0n) is 25.0. The van der Waals surface area contributed by atoms with Gasteiger partial charge in [-0.2, -0.15) is 0 Å². The molecule has 1 atom stereocenters. The SMILES string of the molecule is Cc1cccc(CC2C(=O)SC(=O)N2c2cc3c(cc2S(C)(=O)=O)C(S(C)(=O)=O)(S(C)(=O)=O)CCC3(S(C)(=O)=O)S(C)(=O)=O)c1. The molecule has 0 radical (unpaired) electrons. The fourth-order valence-electron chi connectivity index (χ4n) is 6.31. The highest BCUT2D eigenvalue weighted by Gasteiger charge is 2.65. The number of aryl methyl sites for hydroxylation is 1. The van der Waals surface area contributed by atoms with Crippen LogP contribution in [0.5, 0.6) is 0 Å². The van der Waals surface area contributed by atoms with Gasteiger partial charge in [0.1, 0.15) is 6.04 Å². The molecule has 1 unspecified atom stereocenters. The van der Waals surface area contributed by atoms with Crippen LogP contribution in [0.3, 0.4) is 0 Å². The summed E-state index contributed by atoms with van der Waals surface area (Å²) < 4.78 is 128. The van der Waals surface area contributed by atoms with Gasteiger partial charge >= 0.3 is 0 Å². The third kappa shape index (κ3) is 5.56. The number of benzene rings is 2. The normalized spacial score (nSPS) is 20.7. The molecule has 1 aliphatic heterocycles. The summed E-state index contributed by atoms with van der Waals surface area (Å²) in [4.78, 5) is 26.5. The van der Waals surface area contributed by atoms with Crippen molar-refractivity contribution in [2.45, 2.75) is 45.3 Å². The Morgan fingerprint density at radius 2 is 1.20 bits per heavy atom. The highest BCUT2D eigenvalue weighted by atomic mass is 32.3. The first-order valence-corrected chi connectivity index (χ1v) is 23.3. The van der Waals surface area contributed by atoms with Gasteiger partial charge in [-0.25, -0.2) is 42.1 Å². The molecule has 248 valence electrons. The molecule has 0 bridgehead atoms. The van der Waals surface area contributed by atoms with E-state index < -0.39 is 108 Å². The van der Waals surface area contributed by atoms with Crippen molar-refractivity contribution in [2.24, 2.45) is 0 Å². The van der Waals surface area contributed by atoms with Crippen LogP contribution in [0.4, 0.5) is 10.5 Å². The van der Waals surface area contributed by atoms with E-state index in [-0.39, 0.29) is 18.2 Å². The largest absolute Gasteiger partial charge is 0.294 e. The van der Waals surface area contributed by atoms with Crippen LogP contribution in [-0.4, -0.2) is 89.8 Å². The van der Waals surface area contributed by atoms with E-state index >= 15 is 0 Å². The molecule has 0 saturated carbocycles. The number of thioether (sulfide) groups is 1. The van der Waals surface area contributed by atoms with Crippen molar-refractivity contribution in [3.8, 4) is 0 Å². The lowest BCUT2D eigenvalue weighted by atomic mass is 9.88. The summed E-state index contributed by atoms with van der Waals surface area (Å²) in [6.45, 7) is 1.79. The Morgan fingerprint density at radius 3 is 1.62 bits per heavy atom. The summed E-state index contributed by atoms with van der Waals surface area (Å²) >= 11 is 0.256. The molecule has 2 aromatic rings. The van der Waals surface area contributed by atoms with Crippen LogP contribution in [-0.2, 0) is 68.6 Å². The van der Waals surface area contributed by atoms with Crippen LogP contribution in [0.15, 0.2) is 41.3 Å². The molecule has 45 heavy (non-hydrogen) atoms. The first-order valence-electron chi connectivity index (χ1n) is 13.0. The summed E-state index contributed by atoms with van der Waals surface area (Å²) in [7, 11) is -23.6. The lowest BCUT2D eigenvalue weighted by molar-refractivity contribution is -0.111. The fourth-order valence-corrected chi connectivity index (χ4v) is 16.6. The van der Waals surface area contributed by atoms with Crippen molar-refractivity contribution in [2.75, 3.05) is 36.2 Å². The molecule has 1 amide bonds. The van der Waals surface area contributed by atoms with Gasteiger partial charge in [-0.05, 0) is 48.6 Å². The van der Waals surface area contributed by atoms with E-state index in [2.05, 4.69) is 0 Å². The van der Waals surface area contributed by atoms with E-state index in [4.69, 9.17) is 0 Å². The summed E-state index contributed by atoms with van der Waals surface area (Å²) in [5, 5.41) is -1.64. The molecule has 0 N–H and O–H groups in total. The van der Waals surface area contributed by atoms with E-state index in [1.165, 1.54) is 0 Å². The van der Waals surface area contributed by atoms with Crippen molar-refractivity contribution < 1.29 is 51.7 Å². The molecule has 1 saturated heterocycles. The van der Waals surface area contributed by atoms with Crippen LogP contribution in [0.25, 0.3) is 0 Å². The summed E-state index contributed by atoms with van der Waals surface area (Å²) in [5.41, 5.74) is -0.893. The summed E-state index contributed by atoms with van der Waals surface area (Å²) in [6.07, 6.45) is 0.813. The smallest absolute Gasteiger partial charge is 0.290 e. The number of carbonyl (C=O) groups is 2. The predicted molar refractivity (Wildman–Crippen MR) is 171 cm³/mol. The van der Waals surface area contributed by atoms with Crippen LogP contribution < -0.4 is 4.90 Å². The maximum atomic E-state index is 13.5. The van der Waals surface area contributed by atoms with Crippen molar-refractivity contribution in [3.05, 3.63) is 58.7 Å². The van der Waals surface area contributed by atoms with Crippen molar-refractivity contribution in [1.82, 2.24) is 0 Å². The molecule has 1 heterocycles. The molecule has 13 nitrogen and oxygen atoms in total. The van der Waals surface area contributed by atoms with Crippen LogP contribution in [0.1, 0.15) is 35.1 Å².